The second kappa shape index (κ2) is 9.41. The highest BCUT2D eigenvalue weighted by atomic mass is 35.5. The molecule has 0 amide bonds. The first-order valence-electron chi connectivity index (χ1n) is 9.48. The Balaban J connectivity index is 1.88. The van der Waals surface area contributed by atoms with Crippen LogP contribution in [-0.4, -0.2) is 12.6 Å². The molecule has 0 bridgehead atoms. The van der Waals surface area contributed by atoms with E-state index in [0.29, 0.717) is 32.9 Å². The number of carbonyl (C=O) groups excluding carboxylic acids is 1. The van der Waals surface area contributed by atoms with E-state index in [9.17, 15) is 4.79 Å². The van der Waals surface area contributed by atoms with Crippen LogP contribution in [0.1, 0.15) is 25.0 Å². The molecule has 0 radical (unpaired) electrons. The molecule has 6 heteroatoms. The maximum Gasteiger partial charge on any atom is 0.354 e. The lowest BCUT2D eigenvalue weighted by molar-refractivity contribution is -0.161. The van der Waals surface area contributed by atoms with Gasteiger partial charge in [0.15, 0.2) is 0 Å². The summed E-state index contributed by atoms with van der Waals surface area (Å²) < 4.78 is 17.2. The Morgan fingerprint density at radius 1 is 0.900 bits per heavy atom. The molecule has 0 spiro atoms. The number of carbonyl (C=O) groups is 1. The fourth-order valence-electron chi connectivity index (χ4n) is 2.88. The summed E-state index contributed by atoms with van der Waals surface area (Å²) in [6.45, 7) is 5.56. The molecular weight excluding hydrogens is 423 g/mol. The molecule has 1 atom stereocenters. The van der Waals surface area contributed by atoms with Gasteiger partial charge in [0, 0.05) is 15.6 Å². The van der Waals surface area contributed by atoms with Gasteiger partial charge in [0.2, 0.25) is 5.60 Å². The van der Waals surface area contributed by atoms with Gasteiger partial charge in [-0.3, -0.25) is 0 Å². The zero-order valence-electron chi connectivity index (χ0n) is 16.9. The van der Waals surface area contributed by atoms with Crippen LogP contribution in [0.5, 0.6) is 17.2 Å². The number of benzene rings is 3. The predicted octanol–water partition coefficient (Wildman–Crippen LogP) is 6.95. The van der Waals surface area contributed by atoms with Gasteiger partial charge in [0.1, 0.15) is 17.2 Å². The van der Waals surface area contributed by atoms with E-state index in [2.05, 4.69) is 0 Å². The van der Waals surface area contributed by atoms with Crippen LogP contribution in [0.3, 0.4) is 0 Å². The third kappa shape index (κ3) is 5.07. The molecule has 1 unspecified atom stereocenters. The lowest BCUT2D eigenvalue weighted by Gasteiger charge is -2.29. The van der Waals surface area contributed by atoms with Gasteiger partial charge in [-0.25, -0.2) is 4.79 Å². The molecule has 0 aliphatic carbocycles. The van der Waals surface area contributed by atoms with E-state index >= 15 is 0 Å². The summed E-state index contributed by atoms with van der Waals surface area (Å²) in [7, 11) is 0. The van der Waals surface area contributed by atoms with Crippen molar-refractivity contribution in [3.63, 3.8) is 0 Å². The van der Waals surface area contributed by atoms with Crippen molar-refractivity contribution in [3.05, 3.63) is 87.9 Å². The summed E-state index contributed by atoms with van der Waals surface area (Å²) in [5.74, 6) is 1.32. The summed E-state index contributed by atoms with van der Waals surface area (Å²) in [5, 5.41) is 1.27. The SMILES string of the molecule is CCOC(=O)C(C)(Oc1ccc(Cl)c(C)c1)c1ccc(Oc2ccc(Cl)cc2)cc1. The summed E-state index contributed by atoms with van der Waals surface area (Å²) in [5.41, 5.74) is 0.152. The van der Waals surface area contributed by atoms with Crippen LogP contribution in [-0.2, 0) is 15.1 Å². The number of hydrogen-bond acceptors (Lipinski definition) is 4. The van der Waals surface area contributed by atoms with Gasteiger partial charge in [0.25, 0.3) is 0 Å². The summed E-state index contributed by atoms with van der Waals surface area (Å²) in [6.07, 6.45) is 0. The van der Waals surface area contributed by atoms with Crippen molar-refractivity contribution in [1.82, 2.24) is 0 Å². The van der Waals surface area contributed by atoms with E-state index in [1.165, 1.54) is 0 Å². The summed E-state index contributed by atoms with van der Waals surface area (Å²) >= 11 is 12.0. The molecule has 0 saturated heterocycles. The Morgan fingerprint density at radius 3 is 2.03 bits per heavy atom. The third-order valence-corrected chi connectivity index (χ3v) is 5.25. The Labute approximate surface area is 186 Å². The van der Waals surface area contributed by atoms with Crippen molar-refractivity contribution < 1.29 is 19.0 Å². The van der Waals surface area contributed by atoms with Crippen LogP contribution in [0.15, 0.2) is 66.7 Å². The van der Waals surface area contributed by atoms with Crippen molar-refractivity contribution >= 4 is 29.2 Å². The molecule has 0 aliphatic rings. The van der Waals surface area contributed by atoms with E-state index in [4.69, 9.17) is 37.4 Å². The standard InChI is InChI=1S/C24H22Cl2O4/c1-4-28-23(27)24(3,30-21-13-14-22(26)16(2)15-21)17-5-9-19(10-6-17)29-20-11-7-18(25)8-12-20/h5-15H,4H2,1-3H3. The largest absolute Gasteiger partial charge is 0.471 e. The first kappa shape index (κ1) is 22.0. The van der Waals surface area contributed by atoms with Crippen LogP contribution >= 0.6 is 23.2 Å². The van der Waals surface area contributed by atoms with Crippen molar-refractivity contribution in [2.75, 3.05) is 6.61 Å². The zero-order chi connectivity index (χ0) is 21.7. The average molecular weight is 445 g/mol. The van der Waals surface area contributed by atoms with Gasteiger partial charge in [0.05, 0.1) is 6.61 Å². The topological polar surface area (TPSA) is 44.8 Å². The minimum Gasteiger partial charge on any atom is -0.471 e. The zero-order valence-corrected chi connectivity index (χ0v) is 18.5. The Hall–Kier alpha value is -2.69. The minimum absolute atomic E-state index is 0.245. The van der Waals surface area contributed by atoms with Crippen molar-refractivity contribution in [3.8, 4) is 17.2 Å². The quantitative estimate of drug-likeness (QED) is 0.369. The highest BCUT2D eigenvalue weighted by Gasteiger charge is 2.39. The molecule has 0 N–H and O–H groups in total. The van der Waals surface area contributed by atoms with E-state index < -0.39 is 11.6 Å². The second-order valence-electron chi connectivity index (χ2n) is 6.85. The number of hydrogen-bond donors (Lipinski definition) is 0. The molecule has 0 aromatic heterocycles. The first-order chi connectivity index (χ1) is 14.3. The first-order valence-corrected chi connectivity index (χ1v) is 10.2. The lowest BCUT2D eigenvalue weighted by atomic mass is 9.95. The average Bonchev–Trinajstić information content (AvgIpc) is 2.73. The number of halogens is 2. The molecular formula is C24H22Cl2O4. The van der Waals surface area contributed by atoms with Gasteiger partial charge >= 0.3 is 5.97 Å². The fourth-order valence-corrected chi connectivity index (χ4v) is 3.13. The van der Waals surface area contributed by atoms with Crippen LogP contribution in [0, 0.1) is 6.92 Å². The van der Waals surface area contributed by atoms with E-state index in [0.717, 1.165) is 5.56 Å². The van der Waals surface area contributed by atoms with Gasteiger partial charge in [-0.2, -0.15) is 0 Å². The van der Waals surface area contributed by atoms with Crippen LogP contribution < -0.4 is 9.47 Å². The molecule has 3 aromatic rings. The van der Waals surface area contributed by atoms with Gasteiger partial charge < -0.3 is 14.2 Å². The number of esters is 1. The molecule has 3 rings (SSSR count). The maximum atomic E-state index is 12.8. The van der Waals surface area contributed by atoms with Gasteiger partial charge in [-0.15, -0.1) is 0 Å². The molecule has 3 aromatic carbocycles. The van der Waals surface area contributed by atoms with E-state index in [1.54, 1.807) is 80.6 Å². The molecule has 0 fully saturated rings. The highest BCUT2D eigenvalue weighted by molar-refractivity contribution is 6.31. The van der Waals surface area contributed by atoms with Gasteiger partial charge in [-0.05, 0) is 80.9 Å². The third-order valence-electron chi connectivity index (χ3n) is 4.57. The molecule has 30 heavy (non-hydrogen) atoms. The second-order valence-corrected chi connectivity index (χ2v) is 7.69. The number of rotatable bonds is 7. The predicted molar refractivity (Wildman–Crippen MR) is 119 cm³/mol. The normalized spacial score (nSPS) is 12.7. The Morgan fingerprint density at radius 2 is 1.47 bits per heavy atom. The summed E-state index contributed by atoms with van der Waals surface area (Å²) in [4.78, 5) is 12.8. The van der Waals surface area contributed by atoms with Crippen LogP contribution in [0.4, 0.5) is 0 Å². The van der Waals surface area contributed by atoms with Crippen LogP contribution in [0.25, 0.3) is 0 Å². The fraction of sp³-hybridized carbons (Fsp3) is 0.208. The van der Waals surface area contributed by atoms with Gasteiger partial charge in [-0.1, -0.05) is 35.3 Å². The molecule has 0 heterocycles. The van der Waals surface area contributed by atoms with E-state index in [-0.39, 0.29) is 6.61 Å². The van der Waals surface area contributed by atoms with Crippen LogP contribution in [0.2, 0.25) is 10.0 Å². The number of ether oxygens (including phenoxy) is 3. The smallest absolute Gasteiger partial charge is 0.354 e. The minimum atomic E-state index is -1.34. The summed E-state index contributed by atoms with van der Waals surface area (Å²) in [6, 6.07) is 19.4. The molecule has 156 valence electrons. The molecule has 0 saturated carbocycles. The monoisotopic (exact) mass is 444 g/mol. The Bertz CT molecular complexity index is 1020. The maximum absolute atomic E-state index is 12.8. The van der Waals surface area contributed by atoms with E-state index in [1.807, 2.05) is 6.92 Å². The lowest BCUT2D eigenvalue weighted by Crippen LogP contribution is -2.40. The highest BCUT2D eigenvalue weighted by Crippen LogP contribution is 2.33. The number of aryl methyl sites for hydroxylation is 1. The van der Waals surface area contributed by atoms with Crippen molar-refractivity contribution in [2.24, 2.45) is 0 Å². The molecule has 0 aliphatic heterocycles. The van der Waals surface area contributed by atoms with Crippen molar-refractivity contribution in [2.45, 2.75) is 26.4 Å². The van der Waals surface area contributed by atoms with Crippen molar-refractivity contribution in [1.29, 1.82) is 0 Å². The molecule has 4 nitrogen and oxygen atoms in total. The Kier molecular flexibility index (Phi) is 6.91.